The topological polar surface area (TPSA) is 41.4 Å². The SMILES string of the molecule is CSCc1nc2ccccc2n1CC(=O)N1CCCN(C)CC1. The van der Waals surface area contributed by atoms with E-state index in [0.29, 0.717) is 6.54 Å². The number of hydrogen-bond donors (Lipinski definition) is 0. The molecule has 1 aliphatic heterocycles. The number of benzene rings is 1. The van der Waals surface area contributed by atoms with Gasteiger partial charge in [0.15, 0.2) is 0 Å². The van der Waals surface area contributed by atoms with Gasteiger partial charge in [0.25, 0.3) is 0 Å². The zero-order valence-electron chi connectivity index (χ0n) is 13.9. The molecule has 0 spiro atoms. The Morgan fingerprint density at radius 1 is 1.22 bits per heavy atom. The van der Waals surface area contributed by atoms with E-state index >= 15 is 0 Å². The molecular weight excluding hydrogens is 308 g/mol. The van der Waals surface area contributed by atoms with Crippen molar-refractivity contribution in [2.75, 3.05) is 39.5 Å². The molecule has 0 atom stereocenters. The third-order valence-corrected chi connectivity index (χ3v) is 4.92. The van der Waals surface area contributed by atoms with Gasteiger partial charge in [-0.25, -0.2) is 4.98 Å². The van der Waals surface area contributed by atoms with E-state index in [1.807, 2.05) is 23.1 Å². The second-order valence-electron chi connectivity index (χ2n) is 6.07. The van der Waals surface area contributed by atoms with Crippen molar-refractivity contribution in [3.63, 3.8) is 0 Å². The van der Waals surface area contributed by atoms with Crippen LogP contribution in [0.2, 0.25) is 0 Å². The zero-order chi connectivity index (χ0) is 16.2. The number of amides is 1. The van der Waals surface area contributed by atoms with Crippen molar-refractivity contribution < 1.29 is 4.79 Å². The summed E-state index contributed by atoms with van der Waals surface area (Å²) in [6.45, 7) is 4.08. The Balaban J connectivity index is 1.82. The van der Waals surface area contributed by atoms with E-state index in [-0.39, 0.29) is 5.91 Å². The highest BCUT2D eigenvalue weighted by atomic mass is 32.2. The van der Waals surface area contributed by atoms with Crippen molar-refractivity contribution in [1.82, 2.24) is 19.4 Å². The minimum Gasteiger partial charge on any atom is -0.340 e. The standard InChI is InChI=1S/C17H24N4OS/c1-19-8-5-9-20(11-10-19)17(22)12-21-15-7-4-3-6-14(15)18-16(21)13-23-2/h3-4,6-7H,5,8-13H2,1-2H3. The molecule has 0 saturated carbocycles. The van der Waals surface area contributed by atoms with Gasteiger partial charge in [-0.15, -0.1) is 0 Å². The van der Waals surface area contributed by atoms with Crippen LogP contribution in [0.3, 0.4) is 0 Å². The van der Waals surface area contributed by atoms with Crippen LogP contribution < -0.4 is 0 Å². The first-order chi connectivity index (χ1) is 11.2. The molecule has 1 saturated heterocycles. The van der Waals surface area contributed by atoms with Gasteiger partial charge in [-0.05, 0) is 38.4 Å². The van der Waals surface area contributed by atoms with Crippen molar-refractivity contribution >= 4 is 28.7 Å². The lowest BCUT2D eigenvalue weighted by atomic mass is 10.3. The molecule has 0 aliphatic carbocycles. The average Bonchev–Trinajstić information content (AvgIpc) is 2.73. The van der Waals surface area contributed by atoms with Crippen molar-refractivity contribution in [3.8, 4) is 0 Å². The monoisotopic (exact) mass is 332 g/mol. The first-order valence-corrected chi connectivity index (χ1v) is 9.48. The third kappa shape index (κ3) is 3.70. The summed E-state index contributed by atoms with van der Waals surface area (Å²) in [7, 11) is 2.12. The van der Waals surface area contributed by atoms with Crippen LogP contribution in [-0.2, 0) is 17.1 Å². The van der Waals surface area contributed by atoms with Gasteiger partial charge in [0.2, 0.25) is 5.91 Å². The molecule has 1 aromatic carbocycles. The van der Waals surface area contributed by atoms with Crippen molar-refractivity contribution in [2.45, 2.75) is 18.7 Å². The molecule has 1 aliphatic rings. The average molecular weight is 332 g/mol. The second kappa shape index (κ2) is 7.36. The Morgan fingerprint density at radius 2 is 2.04 bits per heavy atom. The number of rotatable bonds is 4. The molecule has 0 unspecified atom stereocenters. The third-order valence-electron chi connectivity index (χ3n) is 4.37. The van der Waals surface area contributed by atoms with E-state index in [1.54, 1.807) is 11.8 Å². The molecule has 124 valence electrons. The Morgan fingerprint density at radius 3 is 2.87 bits per heavy atom. The van der Waals surface area contributed by atoms with Gasteiger partial charge in [-0.1, -0.05) is 12.1 Å². The molecule has 0 bridgehead atoms. The van der Waals surface area contributed by atoms with E-state index in [0.717, 1.165) is 55.2 Å². The minimum absolute atomic E-state index is 0.200. The van der Waals surface area contributed by atoms with Crippen molar-refractivity contribution in [3.05, 3.63) is 30.1 Å². The van der Waals surface area contributed by atoms with Crippen LogP contribution >= 0.6 is 11.8 Å². The molecule has 1 amide bonds. The summed E-state index contributed by atoms with van der Waals surface area (Å²) in [6.07, 6.45) is 3.11. The fourth-order valence-corrected chi connectivity index (χ4v) is 3.55. The summed E-state index contributed by atoms with van der Waals surface area (Å²) in [5.41, 5.74) is 2.02. The Kier molecular flexibility index (Phi) is 5.23. The zero-order valence-corrected chi connectivity index (χ0v) is 14.7. The molecule has 0 radical (unpaired) electrons. The number of carbonyl (C=O) groups excluding carboxylic acids is 1. The normalized spacial score (nSPS) is 16.7. The van der Waals surface area contributed by atoms with Gasteiger partial charge in [0.1, 0.15) is 12.4 Å². The van der Waals surface area contributed by atoms with Gasteiger partial charge in [0, 0.05) is 19.6 Å². The largest absolute Gasteiger partial charge is 0.340 e. The molecule has 1 fully saturated rings. The maximum Gasteiger partial charge on any atom is 0.242 e. The number of thioether (sulfide) groups is 1. The van der Waals surface area contributed by atoms with E-state index in [1.165, 1.54) is 0 Å². The number of imidazole rings is 1. The van der Waals surface area contributed by atoms with Crippen molar-refractivity contribution in [1.29, 1.82) is 0 Å². The molecule has 6 heteroatoms. The quantitative estimate of drug-likeness (QED) is 0.859. The van der Waals surface area contributed by atoms with Crippen LogP contribution in [0.15, 0.2) is 24.3 Å². The second-order valence-corrected chi connectivity index (χ2v) is 6.94. The Labute approximate surface area is 141 Å². The van der Waals surface area contributed by atoms with E-state index in [2.05, 4.69) is 28.8 Å². The number of likely N-dealkylation sites (N-methyl/N-ethyl adjacent to an activating group) is 1. The highest BCUT2D eigenvalue weighted by Crippen LogP contribution is 2.19. The summed E-state index contributed by atoms with van der Waals surface area (Å²) in [5.74, 6) is 2.01. The number of carbonyl (C=O) groups is 1. The predicted molar refractivity (Wildman–Crippen MR) is 95.6 cm³/mol. The first-order valence-electron chi connectivity index (χ1n) is 8.08. The predicted octanol–water partition coefficient (Wildman–Crippen LogP) is 2.06. The molecular formula is C17H24N4OS. The van der Waals surface area contributed by atoms with Crippen LogP contribution in [-0.4, -0.2) is 64.7 Å². The lowest BCUT2D eigenvalue weighted by Crippen LogP contribution is -2.37. The number of aromatic nitrogens is 2. The van der Waals surface area contributed by atoms with Gasteiger partial charge >= 0.3 is 0 Å². The molecule has 23 heavy (non-hydrogen) atoms. The van der Waals surface area contributed by atoms with Crippen LogP contribution in [0.25, 0.3) is 11.0 Å². The summed E-state index contributed by atoms with van der Waals surface area (Å²) >= 11 is 1.74. The molecule has 0 N–H and O–H groups in total. The number of fused-ring (bicyclic) bond motifs is 1. The lowest BCUT2D eigenvalue weighted by molar-refractivity contribution is -0.131. The summed E-state index contributed by atoms with van der Waals surface area (Å²) in [6, 6.07) is 8.07. The fraction of sp³-hybridized carbons (Fsp3) is 0.529. The van der Waals surface area contributed by atoms with Gasteiger partial charge in [-0.2, -0.15) is 11.8 Å². The number of hydrogen-bond acceptors (Lipinski definition) is 4. The summed E-state index contributed by atoms with van der Waals surface area (Å²) < 4.78 is 2.09. The van der Waals surface area contributed by atoms with Crippen LogP contribution in [0.4, 0.5) is 0 Å². The maximum absolute atomic E-state index is 12.8. The van der Waals surface area contributed by atoms with Crippen LogP contribution in [0, 0.1) is 0 Å². The highest BCUT2D eigenvalue weighted by Gasteiger charge is 2.20. The van der Waals surface area contributed by atoms with Gasteiger partial charge < -0.3 is 14.4 Å². The van der Waals surface area contributed by atoms with Gasteiger partial charge in [-0.3, -0.25) is 4.79 Å². The van der Waals surface area contributed by atoms with Crippen molar-refractivity contribution in [2.24, 2.45) is 0 Å². The first kappa shape index (κ1) is 16.3. The molecule has 1 aromatic heterocycles. The smallest absolute Gasteiger partial charge is 0.242 e. The Bertz CT molecular complexity index is 684. The molecule has 3 rings (SSSR count). The number of para-hydroxylation sites is 2. The Hall–Kier alpha value is -1.53. The summed E-state index contributed by atoms with van der Waals surface area (Å²) in [5, 5.41) is 0. The molecule has 5 nitrogen and oxygen atoms in total. The maximum atomic E-state index is 12.8. The van der Waals surface area contributed by atoms with E-state index in [9.17, 15) is 4.79 Å². The highest BCUT2D eigenvalue weighted by molar-refractivity contribution is 7.97. The van der Waals surface area contributed by atoms with Crippen LogP contribution in [0.1, 0.15) is 12.2 Å². The van der Waals surface area contributed by atoms with Crippen LogP contribution in [0.5, 0.6) is 0 Å². The van der Waals surface area contributed by atoms with E-state index in [4.69, 9.17) is 4.98 Å². The molecule has 2 aromatic rings. The minimum atomic E-state index is 0.200. The molecule has 2 heterocycles. The van der Waals surface area contributed by atoms with E-state index < -0.39 is 0 Å². The lowest BCUT2D eigenvalue weighted by Gasteiger charge is -2.21. The number of nitrogens with zero attached hydrogens (tertiary/aromatic N) is 4. The summed E-state index contributed by atoms with van der Waals surface area (Å²) in [4.78, 5) is 21.8. The fourth-order valence-electron chi connectivity index (χ4n) is 3.07. The van der Waals surface area contributed by atoms with Gasteiger partial charge in [0.05, 0.1) is 16.8 Å².